The van der Waals surface area contributed by atoms with Gasteiger partial charge in [-0.05, 0) is 37.0 Å². The van der Waals surface area contributed by atoms with E-state index in [1.54, 1.807) is 6.92 Å². The third kappa shape index (κ3) is 4.71. The summed E-state index contributed by atoms with van der Waals surface area (Å²) in [5.74, 6) is -0.586. The van der Waals surface area contributed by atoms with Gasteiger partial charge in [0.2, 0.25) is 0 Å². The molecule has 0 fully saturated rings. The van der Waals surface area contributed by atoms with Crippen LogP contribution in [0.3, 0.4) is 0 Å². The van der Waals surface area contributed by atoms with Crippen LogP contribution in [0.5, 0.6) is 0 Å². The Balaban J connectivity index is 2.96. The second kappa shape index (κ2) is 7.53. The molecule has 1 rings (SSSR count). The maximum Gasteiger partial charge on any atom is 0.308 e. The second-order valence-corrected chi connectivity index (χ2v) is 6.16. The molecule has 0 saturated carbocycles. The molecule has 0 radical (unpaired) electrons. The summed E-state index contributed by atoms with van der Waals surface area (Å²) in [6.45, 7) is 9.41. The minimum atomic E-state index is -0.765. The first kappa shape index (κ1) is 16.8. The summed E-state index contributed by atoms with van der Waals surface area (Å²) >= 11 is 6.18. The molecule has 1 N–H and O–H groups in total. The van der Waals surface area contributed by atoms with E-state index in [9.17, 15) is 4.79 Å². The Labute approximate surface area is 126 Å². The van der Waals surface area contributed by atoms with Gasteiger partial charge in [-0.2, -0.15) is 0 Å². The maximum absolute atomic E-state index is 11.1. The lowest BCUT2D eigenvalue weighted by atomic mass is 10.1. The van der Waals surface area contributed by atoms with Crippen molar-refractivity contribution in [2.75, 3.05) is 18.0 Å². The lowest BCUT2D eigenvalue weighted by Gasteiger charge is -2.29. The van der Waals surface area contributed by atoms with Gasteiger partial charge in [0.25, 0.3) is 0 Å². The van der Waals surface area contributed by atoms with E-state index < -0.39 is 11.9 Å². The van der Waals surface area contributed by atoms with Gasteiger partial charge in [-0.15, -0.1) is 0 Å². The molecule has 0 bridgehead atoms. The fraction of sp³-hybridized carbons (Fsp3) is 0.562. The molecule has 20 heavy (non-hydrogen) atoms. The van der Waals surface area contributed by atoms with Gasteiger partial charge in [0.1, 0.15) is 0 Å². The summed E-state index contributed by atoms with van der Waals surface area (Å²) in [5.41, 5.74) is 2.04. The Kier molecular flexibility index (Phi) is 6.34. The highest BCUT2D eigenvalue weighted by molar-refractivity contribution is 6.31. The van der Waals surface area contributed by atoms with Crippen molar-refractivity contribution in [3.8, 4) is 0 Å². The third-order valence-corrected chi connectivity index (χ3v) is 3.88. The highest BCUT2D eigenvalue weighted by atomic mass is 35.5. The first-order valence-corrected chi connectivity index (χ1v) is 7.43. The molecule has 0 heterocycles. The van der Waals surface area contributed by atoms with Crippen LogP contribution in [0.1, 0.15) is 32.8 Å². The number of benzene rings is 1. The zero-order valence-corrected chi connectivity index (χ0v) is 13.4. The van der Waals surface area contributed by atoms with Crippen molar-refractivity contribution < 1.29 is 9.90 Å². The topological polar surface area (TPSA) is 40.5 Å². The molecule has 0 saturated heterocycles. The molecule has 0 aliphatic heterocycles. The van der Waals surface area contributed by atoms with Crippen LogP contribution in [-0.2, 0) is 4.79 Å². The molecule has 0 amide bonds. The van der Waals surface area contributed by atoms with Gasteiger partial charge >= 0.3 is 5.97 Å². The third-order valence-electron chi connectivity index (χ3n) is 3.47. The van der Waals surface area contributed by atoms with Crippen LogP contribution in [0.25, 0.3) is 0 Å². The van der Waals surface area contributed by atoms with E-state index >= 15 is 0 Å². The minimum Gasteiger partial charge on any atom is -0.481 e. The van der Waals surface area contributed by atoms with Crippen LogP contribution >= 0.6 is 11.6 Å². The van der Waals surface area contributed by atoms with E-state index in [-0.39, 0.29) is 0 Å². The van der Waals surface area contributed by atoms with Crippen molar-refractivity contribution in [3.05, 3.63) is 28.8 Å². The van der Waals surface area contributed by atoms with Crippen molar-refractivity contribution in [2.45, 2.75) is 34.1 Å². The van der Waals surface area contributed by atoms with Gasteiger partial charge in [-0.25, -0.2) is 0 Å². The number of rotatable bonds is 7. The van der Waals surface area contributed by atoms with Gasteiger partial charge in [-0.1, -0.05) is 38.4 Å². The van der Waals surface area contributed by atoms with Crippen LogP contribution in [0.4, 0.5) is 5.69 Å². The van der Waals surface area contributed by atoms with E-state index in [0.29, 0.717) is 12.5 Å². The molecule has 1 aromatic carbocycles. The lowest BCUT2D eigenvalue weighted by Crippen LogP contribution is -2.33. The van der Waals surface area contributed by atoms with Crippen LogP contribution < -0.4 is 4.90 Å². The van der Waals surface area contributed by atoms with Crippen molar-refractivity contribution in [2.24, 2.45) is 11.8 Å². The Morgan fingerprint density at radius 3 is 2.55 bits per heavy atom. The van der Waals surface area contributed by atoms with E-state index in [2.05, 4.69) is 18.7 Å². The minimum absolute atomic E-state index is 0.402. The SMILES string of the molecule is Cc1c(Cl)cccc1N(CCC(C)C)CC(C)C(=O)O. The molecule has 0 aliphatic rings. The van der Waals surface area contributed by atoms with Crippen LogP contribution in [0.15, 0.2) is 18.2 Å². The first-order valence-electron chi connectivity index (χ1n) is 7.05. The summed E-state index contributed by atoms with van der Waals surface area (Å²) < 4.78 is 0. The van der Waals surface area contributed by atoms with Crippen LogP contribution in [0.2, 0.25) is 5.02 Å². The van der Waals surface area contributed by atoms with Crippen molar-refractivity contribution in [1.82, 2.24) is 0 Å². The summed E-state index contributed by atoms with van der Waals surface area (Å²) in [5, 5.41) is 9.85. The standard InChI is InChI=1S/C16H24ClNO2/c1-11(2)8-9-18(10-12(3)16(19)20)15-7-5-6-14(17)13(15)4/h5-7,11-12H,8-10H2,1-4H3,(H,19,20). The summed E-state index contributed by atoms with van der Waals surface area (Å²) in [6.07, 6.45) is 1.03. The Morgan fingerprint density at radius 1 is 1.35 bits per heavy atom. The van der Waals surface area contributed by atoms with Crippen molar-refractivity contribution in [1.29, 1.82) is 0 Å². The number of anilines is 1. The van der Waals surface area contributed by atoms with Gasteiger partial charge in [0.15, 0.2) is 0 Å². The normalized spacial score (nSPS) is 12.5. The van der Waals surface area contributed by atoms with E-state index in [4.69, 9.17) is 16.7 Å². The van der Waals surface area contributed by atoms with Crippen molar-refractivity contribution in [3.63, 3.8) is 0 Å². The van der Waals surface area contributed by atoms with Crippen LogP contribution in [-0.4, -0.2) is 24.2 Å². The van der Waals surface area contributed by atoms with Gasteiger partial charge in [0.05, 0.1) is 5.92 Å². The molecular weight excluding hydrogens is 274 g/mol. The van der Waals surface area contributed by atoms with E-state index in [0.717, 1.165) is 29.2 Å². The molecule has 112 valence electrons. The van der Waals surface area contributed by atoms with Crippen molar-refractivity contribution >= 4 is 23.3 Å². The Hall–Kier alpha value is -1.22. The molecule has 1 atom stereocenters. The number of halogens is 1. The number of carbonyl (C=O) groups is 1. The zero-order chi connectivity index (χ0) is 15.3. The number of carboxylic acid groups (broad SMARTS) is 1. The maximum atomic E-state index is 11.1. The highest BCUT2D eigenvalue weighted by Gasteiger charge is 2.18. The molecular formula is C16H24ClNO2. The molecule has 4 heteroatoms. The fourth-order valence-electron chi connectivity index (χ4n) is 2.07. The number of nitrogens with zero attached hydrogens (tertiary/aromatic N) is 1. The largest absolute Gasteiger partial charge is 0.481 e. The molecule has 3 nitrogen and oxygen atoms in total. The molecule has 0 spiro atoms. The number of hydrogen-bond donors (Lipinski definition) is 1. The van der Waals surface area contributed by atoms with Gasteiger partial charge in [-0.3, -0.25) is 4.79 Å². The summed E-state index contributed by atoms with van der Waals surface area (Å²) in [7, 11) is 0. The number of carboxylic acids is 1. The predicted molar refractivity (Wildman–Crippen MR) is 84.7 cm³/mol. The Morgan fingerprint density at radius 2 is 2.00 bits per heavy atom. The monoisotopic (exact) mass is 297 g/mol. The first-order chi connectivity index (χ1) is 9.32. The summed E-state index contributed by atoms with van der Waals surface area (Å²) in [6, 6.07) is 5.79. The molecule has 1 aromatic rings. The molecule has 0 aliphatic carbocycles. The second-order valence-electron chi connectivity index (χ2n) is 5.75. The van der Waals surface area contributed by atoms with E-state index in [1.807, 2.05) is 25.1 Å². The number of aliphatic carboxylic acids is 1. The predicted octanol–water partition coefficient (Wildman–Crippen LogP) is 4.22. The lowest BCUT2D eigenvalue weighted by molar-refractivity contribution is -0.140. The van der Waals surface area contributed by atoms with Gasteiger partial charge < -0.3 is 10.0 Å². The average Bonchev–Trinajstić information content (AvgIpc) is 2.37. The number of hydrogen-bond acceptors (Lipinski definition) is 2. The highest BCUT2D eigenvalue weighted by Crippen LogP contribution is 2.27. The van der Waals surface area contributed by atoms with Gasteiger partial charge in [0, 0.05) is 23.8 Å². The fourth-order valence-corrected chi connectivity index (χ4v) is 2.24. The van der Waals surface area contributed by atoms with E-state index in [1.165, 1.54) is 0 Å². The van der Waals surface area contributed by atoms with Crippen LogP contribution in [0, 0.1) is 18.8 Å². The zero-order valence-electron chi connectivity index (χ0n) is 12.7. The quantitative estimate of drug-likeness (QED) is 0.819. The Bertz CT molecular complexity index is 460. The molecule has 1 unspecified atom stereocenters. The molecule has 0 aromatic heterocycles. The smallest absolute Gasteiger partial charge is 0.308 e. The summed E-state index contributed by atoms with van der Waals surface area (Å²) in [4.78, 5) is 13.2. The average molecular weight is 298 g/mol.